The zero-order chi connectivity index (χ0) is 19.4. The van der Waals surface area contributed by atoms with Crippen LogP contribution in [0.3, 0.4) is 0 Å². The Morgan fingerprint density at radius 2 is 2.00 bits per heavy atom. The number of imidazole rings is 1. The van der Waals surface area contributed by atoms with Gasteiger partial charge in [0.15, 0.2) is 0 Å². The van der Waals surface area contributed by atoms with Crippen molar-refractivity contribution in [3.63, 3.8) is 0 Å². The van der Waals surface area contributed by atoms with Crippen molar-refractivity contribution >= 4 is 28.5 Å². The maximum absolute atomic E-state index is 13.5. The fourth-order valence-electron chi connectivity index (χ4n) is 3.24. The highest BCUT2D eigenvalue weighted by molar-refractivity contribution is 6.31. The number of hydrogen-bond acceptors (Lipinski definition) is 2. The Morgan fingerprint density at radius 3 is 2.70 bits per heavy atom. The molecular weight excluding hydrogens is 365 g/mol. The van der Waals surface area contributed by atoms with Crippen LogP contribution in [0.1, 0.15) is 42.9 Å². The van der Waals surface area contributed by atoms with Crippen molar-refractivity contribution in [2.24, 2.45) is 0 Å². The summed E-state index contributed by atoms with van der Waals surface area (Å²) in [5.41, 5.74) is 2.18. The maximum Gasteiger partial charge on any atom is 0.254 e. The Balaban J connectivity index is 1.96. The third-order valence-electron chi connectivity index (χ3n) is 4.42. The van der Waals surface area contributed by atoms with Gasteiger partial charge >= 0.3 is 0 Å². The van der Waals surface area contributed by atoms with E-state index in [4.69, 9.17) is 16.6 Å². The fourth-order valence-corrected chi connectivity index (χ4v) is 3.40. The second-order valence-corrected chi connectivity index (χ2v) is 6.99. The molecule has 27 heavy (non-hydrogen) atoms. The number of hydrogen-bond donors (Lipinski definition) is 0. The number of aryl methyl sites for hydroxylation is 1. The number of benzene rings is 2. The summed E-state index contributed by atoms with van der Waals surface area (Å²) >= 11 is 6.16. The van der Waals surface area contributed by atoms with Gasteiger partial charge in [-0.25, -0.2) is 9.37 Å². The SMILES string of the molecule is CCCN(Cc1nc2ccc(Cl)cc2n1CCC)C(=O)c1cccc(F)c1. The van der Waals surface area contributed by atoms with Crippen LogP contribution in [-0.2, 0) is 13.1 Å². The lowest BCUT2D eigenvalue weighted by Crippen LogP contribution is -2.32. The lowest BCUT2D eigenvalue weighted by atomic mass is 10.2. The first-order valence-electron chi connectivity index (χ1n) is 9.23. The first-order chi connectivity index (χ1) is 13.0. The van der Waals surface area contributed by atoms with Gasteiger partial charge in [-0.05, 0) is 49.2 Å². The van der Waals surface area contributed by atoms with Crippen molar-refractivity contribution in [2.45, 2.75) is 39.8 Å². The summed E-state index contributed by atoms with van der Waals surface area (Å²) in [5, 5.41) is 0.660. The summed E-state index contributed by atoms with van der Waals surface area (Å²) in [6.07, 6.45) is 1.75. The molecule has 0 bridgehead atoms. The Labute approximate surface area is 163 Å². The van der Waals surface area contributed by atoms with Crippen LogP contribution in [0.15, 0.2) is 42.5 Å². The van der Waals surface area contributed by atoms with Crippen LogP contribution < -0.4 is 0 Å². The van der Waals surface area contributed by atoms with Crippen molar-refractivity contribution in [1.82, 2.24) is 14.5 Å². The predicted molar refractivity (Wildman–Crippen MR) is 106 cm³/mol. The normalized spacial score (nSPS) is 11.1. The Bertz CT molecular complexity index is 954. The van der Waals surface area contributed by atoms with E-state index in [2.05, 4.69) is 11.5 Å². The number of carbonyl (C=O) groups excluding carboxylic acids is 1. The van der Waals surface area contributed by atoms with Crippen LogP contribution in [0.5, 0.6) is 0 Å². The van der Waals surface area contributed by atoms with Crippen LogP contribution >= 0.6 is 11.6 Å². The van der Waals surface area contributed by atoms with Crippen LogP contribution in [0, 0.1) is 5.82 Å². The second-order valence-electron chi connectivity index (χ2n) is 6.55. The molecule has 0 N–H and O–H groups in total. The van der Waals surface area contributed by atoms with E-state index in [1.54, 1.807) is 17.0 Å². The number of nitrogens with zero attached hydrogens (tertiary/aromatic N) is 3. The molecule has 0 spiro atoms. The third kappa shape index (κ3) is 4.30. The minimum atomic E-state index is -0.412. The van der Waals surface area contributed by atoms with Crippen LogP contribution in [0.25, 0.3) is 11.0 Å². The summed E-state index contributed by atoms with van der Waals surface area (Å²) in [4.78, 5) is 19.4. The van der Waals surface area contributed by atoms with Crippen molar-refractivity contribution in [3.05, 3.63) is 64.7 Å². The summed E-state index contributed by atoms with van der Waals surface area (Å²) in [7, 11) is 0. The highest BCUT2D eigenvalue weighted by Crippen LogP contribution is 2.22. The van der Waals surface area contributed by atoms with Crippen LogP contribution in [0.2, 0.25) is 5.02 Å². The molecule has 142 valence electrons. The maximum atomic E-state index is 13.5. The summed E-state index contributed by atoms with van der Waals surface area (Å²) in [6, 6.07) is 11.4. The minimum absolute atomic E-state index is 0.190. The predicted octanol–water partition coefficient (Wildman–Crippen LogP) is 5.29. The molecule has 0 saturated heterocycles. The molecule has 3 rings (SSSR count). The van der Waals surface area contributed by atoms with E-state index >= 15 is 0 Å². The molecule has 0 saturated carbocycles. The molecule has 1 amide bonds. The first-order valence-corrected chi connectivity index (χ1v) is 9.60. The molecule has 2 aromatic carbocycles. The highest BCUT2D eigenvalue weighted by Gasteiger charge is 2.20. The van der Waals surface area contributed by atoms with Crippen molar-refractivity contribution < 1.29 is 9.18 Å². The molecule has 0 unspecified atom stereocenters. The monoisotopic (exact) mass is 387 g/mol. The zero-order valence-corrected chi connectivity index (χ0v) is 16.3. The molecule has 0 aliphatic rings. The molecule has 6 heteroatoms. The second kappa shape index (κ2) is 8.53. The third-order valence-corrected chi connectivity index (χ3v) is 4.66. The molecular formula is C21H23ClFN3O. The lowest BCUT2D eigenvalue weighted by molar-refractivity contribution is 0.0736. The van der Waals surface area contributed by atoms with E-state index in [1.165, 1.54) is 12.1 Å². The van der Waals surface area contributed by atoms with Crippen molar-refractivity contribution in [3.8, 4) is 0 Å². The van der Waals surface area contributed by atoms with Crippen molar-refractivity contribution in [2.75, 3.05) is 6.54 Å². The molecule has 0 aliphatic carbocycles. The lowest BCUT2D eigenvalue weighted by Gasteiger charge is -2.22. The van der Waals surface area contributed by atoms with Gasteiger partial charge in [0.2, 0.25) is 0 Å². The molecule has 3 aromatic rings. The van der Waals surface area contributed by atoms with Gasteiger partial charge in [0, 0.05) is 23.7 Å². The van der Waals surface area contributed by atoms with E-state index in [0.29, 0.717) is 23.7 Å². The van der Waals surface area contributed by atoms with E-state index in [0.717, 1.165) is 36.2 Å². The molecule has 0 atom stereocenters. The van der Waals surface area contributed by atoms with Gasteiger partial charge in [-0.3, -0.25) is 4.79 Å². The highest BCUT2D eigenvalue weighted by atomic mass is 35.5. The largest absolute Gasteiger partial charge is 0.331 e. The molecule has 1 aromatic heterocycles. The topological polar surface area (TPSA) is 38.1 Å². The first kappa shape index (κ1) is 19.4. The summed E-state index contributed by atoms with van der Waals surface area (Å²) in [6.45, 7) is 5.85. The average molecular weight is 388 g/mol. The van der Waals surface area contributed by atoms with E-state index in [1.807, 2.05) is 25.1 Å². The Morgan fingerprint density at radius 1 is 1.19 bits per heavy atom. The molecule has 0 radical (unpaired) electrons. The van der Waals surface area contributed by atoms with E-state index in [9.17, 15) is 9.18 Å². The Kier molecular flexibility index (Phi) is 6.11. The van der Waals surface area contributed by atoms with Gasteiger partial charge in [-0.15, -0.1) is 0 Å². The number of fused-ring (bicyclic) bond motifs is 1. The minimum Gasteiger partial charge on any atom is -0.331 e. The molecule has 0 fully saturated rings. The van der Waals surface area contributed by atoms with Gasteiger partial charge in [0.05, 0.1) is 17.6 Å². The summed E-state index contributed by atoms with van der Waals surface area (Å²) in [5.74, 6) is 0.210. The number of carbonyl (C=O) groups is 1. The van der Waals surface area contributed by atoms with Gasteiger partial charge in [0.1, 0.15) is 11.6 Å². The smallest absolute Gasteiger partial charge is 0.254 e. The van der Waals surface area contributed by atoms with E-state index in [-0.39, 0.29) is 5.91 Å². The van der Waals surface area contributed by atoms with Crippen LogP contribution in [0.4, 0.5) is 4.39 Å². The number of halogens is 2. The zero-order valence-electron chi connectivity index (χ0n) is 15.6. The number of amides is 1. The van der Waals surface area contributed by atoms with Gasteiger partial charge in [-0.1, -0.05) is 31.5 Å². The average Bonchev–Trinajstić information content (AvgIpc) is 2.98. The standard InChI is InChI=1S/C21H23ClFN3O/c1-3-10-25(21(27)15-6-5-7-17(23)12-15)14-20-24-18-9-8-16(22)13-19(18)26(20)11-4-2/h5-9,12-13H,3-4,10-11,14H2,1-2H3. The van der Waals surface area contributed by atoms with Gasteiger partial charge < -0.3 is 9.47 Å². The van der Waals surface area contributed by atoms with E-state index < -0.39 is 5.82 Å². The summed E-state index contributed by atoms with van der Waals surface area (Å²) < 4.78 is 15.7. The fraction of sp³-hybridized carbons (Fsp3) is 0.333. The molecule has 0 aliphatic heterocycles. The van der Waals surface area contributed by atoms with Crippen molar-refractivity contribution in [1.29, 1.82) is 0 Å². The van der Waals surface area contributed by atoms with Gasteiger partial charge in [-0.2, -0.15) is 0 Å². The van der Waals surface area contributed by atoms with Gasteiger partial charge in [0.25, 0.3) is 5.91 Å². The number of rotatable bonds is 7. The quantitative estimate of drug-likeness (QED) is 0.552. The Hall–Kier alpha value is -2.40. The molecule has 4 nitrogen and oxygen atoms in total. The van der Waals surface area contributed by atoms with Crippen LogP contribution in [-0.4, -0.2) is 26.9 Å². The number of aromatic nitrogens is 2. The molecule has 1 heterocycles.